The van der Waals surface area contributed by atoms with Crippen LogP contribution in [0.5, 0.6) is 0 Å². The number of aromatic nitrogens is 10. The van der Waals surface area contributed by atoms with Crippen molar-refractivity contribution in [1.29, 1.82) is 0 Å². The van der Waals surface area contributed by atoms with Crippen LogP contribution >= 0.6 is 0 Å². The molecule has 0 aliphatic carbocycles. The summed E-state index contributed by atoms with van der Waals surface area (Å²) in [5.41, 5.74) is 24.4. The Bertz CT molecular complexity index is 9310. The van der Waals surface area contributed by atoms with Gasteiger partial charge in [0.05, 0.1) is 99.3 Å². The summed E-state index contributed by atoms with van der Waals surface area (Å²) in [5.74, 6) is 2.28. The average molecular weight is 1470 g/mol. The number of nitrogens with zero attached hydrogens (tertiary/aromatic N) is 10. The van der Waals surface area contributed by atoms with Gasteiger partial charge in [0.2, 0.25) is 0 Å². The van der Waals surface area contributed by atoms with Crippen LogP contribution in [-0.2, 0) is 0 Å². The summed E-state index contributed by atoms with van der Waals surface area (Å²) in [4.78, 5) is 23.3. The standard InChI is InChI=1S/C106H58N10/c1-2-23-65(24-3-1)111-84-36-16-6-26-69(84)77-56-64(47-52-90(77)111)99-104(108-81-33-13-12-32-80(81)107-99)115-92-57-78-70-27-7-17-37-85(70)112-87-39-19-10-30-73(87)97(102(78)112)95(92)76-51-45-63-55-61(44-49-68(63)101(76)115)60-43-48-66-62(54-60)46-53-91-94(66)72-29-9-21-41-89(72)114(91)105-106(110-83-35-15-14-34-82(83)109-105)116-93-58-79-71-28-8-18-38-86(71)113-88-40-20-11-31-74(88)98(103(79)113)96(93)75-50-42-59-22-4-5-25-67(59)100(75)116/h1-58H. The van der Waals surface area contributed by atoms with Gasteiger partial charge in [-0.3, -0.25) is 13.7 Å². The van der Waals surface area contributed by atoms with E-state index in [-0.39, 0.29) is 0 Å². The topological polar surface area (TPSA) is 80.1 Å². The van der Waals surface area contributed by atoms with Crippen molar-refractivity contribution in [2.24, 2.45) is 0 Å². The maximum absolute atomic E-state index is 5.87. The molecule has 0 fully saturated rings. The van der Waals surface area contributed by atoms with Gasteiger partial charge in [-0.25, -0.2) is 19.9 Å². The first-order valence-electron chi connectivity index (χ1n) is 39.8. The molecule has 10 heterocycles. The third-order valence-electron chi connectivity index (χ3n) is 25.7. The lowest BCUT2D eigenvalue weighted by atomic mass is 9.96. The van der Waals surface area contributed by atoms with Crippen molar-refractivity contribution >= 4 is 218 Å². The lowest BCUT2D eigenvalue weighted by Gasteiger charge is -2.17. The number of para-hydroxylation sites is 11. The second-order valence-corrected chi connectivity index (χ2v) is 31.5. The maximum Gasteiger partial charge on any atom is 0.182 e. The van der Waals surface area contributed by atoms with Crippen molar-refractivity contribution in [3.63, 3.8) is 0 Å². The van der Waals surface area contributed by atoms with Crippen molar-refractivity contribution < 1.29 is 0 Å². The summed E-state index contributed by atoms with van der Waals surface area (Å²) in [5, 5.41) is 25.9. The largest absolute Gasteiger partial charge is 0.309 e. The molecule has 0 radical (unpaired) electrons. The van der Waals surface area contributed by atoms with E-state index in [2.05, 4.69) is 379 Å². The van der Waals surface area contributed by atoms with Crippen molar-refractivity contribution in [2.75, 3.05) is 0 Å². The molecule has 10 heteroatoms. The molecule has 0 N–H and O–H groups in total. The summed E-state index contributed by atoms with van der Waals surface area (Å²) in [7, 11) is 0. The van der Waals surface area contributed by atoms with Crippen LogP contribution in [0.4, 0.5) is 0 Å². The van der Waals surface area contributed by atoms with Gasteiger partial charge in [-0.2, -0.15) is 0 Å². The molecule has 0 amide bonds. The van der Waals surface area contributed by atoms with Crippen LogP contribution in [0.3, 0.4) is 0 Å². The fraction of sp³-hybridized carbons (Fsp3) is 0. The first-order chi connectivity index (χ1) is 57.6. The molecule has 0 aliphatic rings. The van der Waals surface area contributed by atoms with Gasteiger partial charge >= 0.3 is 0 Å². The summed E-state index contributed by atoms with van der Waals surface area (Å²) in [6.45, 7) is 0. The Morgan fingerprint density at radius 1 is 0.172 bits per heavy atom. The predicted octanol–water partition coefficient (Wildman–Crippen LogP) is 27.1. The van der Waals surface area contributed by atoms with Crippen LogP contribution in [0.15, 0.2) is 352 Å². The lowest BCUT2D eigenvalue weighted by Crippen LogP contribution is -2.09. The summed E-state index contributed by atoms with van der Waals surface area (Å²) in [6, 6.07) is 129. The van der Waals surface area contributed by atoms with Crippen LogP contribution in [0, 0.1) is 0 Å². The molecule has 18 aromatic carbocycles. The first-order valence-corrected chi connectivity index (χ1v) is 39.8. The number of hydrogen-bond acceptors (Lipinski definition) is 4. The van der Waals surface area contributed by atoms with Gasteiger partial charge in [-0.05, 0) is 148 Å². The number of fused-ring (bicyclic) bond motifs is 34. The Hall–Kier alpha value is -15.8. The van der Waals surface area contributed by atoms with Gasteiger partial charge in [0.25, 0.3) is 0 Å². The van der Waals surface area contributed by atoms with Crippen molar-refractivity contribution in [2.45, 2.75) is 0 Å². The molecule has 0 saturated carbocycles. The normalized spacial score (nSPS) is 12.7. The van der Waals surface area contributed by atoms with Crippen LogP contribution in [0.1, 0.15) is 0 Å². The van der Waals surface area contributed by atoms with E-state index in [1.165, 1.54) is 97.7 Å². The third kappa shape index (κ3) is 7.79. The van der Waals surface area contributed by atoms with Crippen LogP contribution in [0.2, 0.25) is 0 Å². The molecule has 0 unspecified atom stereocenters. The molecule has 28 aromatic rings. The predicted molar refractivity (Wildman–Crippen MR) is 483 cm³/mol. The van der Waals surface area contributed by atoms with E-state index in [9.17, 15) is 0 Å². The van der Waals surface area contributed by atoms with Crippen molar-refractivity contribution in [3.05, 3.63) is 352 Å². The second kappa shape index (κ2) is 22.1. The molecule has 0 aliphatic heterocycles. The maximum atomic E-state index is 5.87. The zero-order chi connectivity index (χ0) is 75.0. The Morgan fingerprint density at radius 2 is 0.560 bits per heavy atom. The molecule has 10 aromatic heterocycles. The van der Waals surface area contributed by atoms with Gasteiger partial charge in [-0.1, -0.05) is 237 Å². The van der Waals surface area contributed by atoms with E-state index < -0.39 is 0 Å². The lowest BCUT2D eigenvalue weighted by molar-refractivity contribution is 0.998. The number of benzene rings is 18. The van der Waals surface area contributed by atoms with Gasteiger partial charge in [0, 0.05) is 108 Å². The Morgan fingerprint density at radius 3 is 1.16 bits per heavy atom. The fourth-order valence-corrected chi connectivity index (χ4v) is 21.0. The summed E-state index contributed by atoms with van der Waals surface area (Å²) in [6.07, 6.45) is 0. The molecule has 532 valence electrons. The Balaban J connectivity index is 0.665. The molecular weight excluding hydrogens is 1410 g/mol. The molecule has 10 nitrogen and oxygen atoms in total. The minimum atomic E-state index is 0.750. The van der Waals surface area contributed by atoms with E-state index in [0.717, 1.165) is 166 Å². The minimum absolute atomic E-state index is 0.750. The van der Waals surface area contributed by atoms with Gasteiger partial charge in [-0.15, -0.1) is 0 Å². The van der Waals surface area contributed by atoms with Gasteiger partial charge in [0.15, 0.2) is 17.5 Å². The van der Waals surface area contributed by atoms with Gasteiger partial charge in [0.1, 0.15) is 5.69 Å². The van der Waals surface area contributed by atoms with Gasteiger partial charge < -0.3 is 13.4 Å². The fourth-order valence-electron chi connectivity index (χ4n) is 21.0. The van der Waals surface area contributed by atoms with E-state index >= 15 is 0 Å². The molecule has 28 rings (SSSR count). The molecule has 116 heavy (non-hydrogen) atoms. The average Bonchev–Trinajstić information content (AvgIpc) is 1.51. The van der Waals surface area contributed by atoms with Crippen LogP contribution in [0.25, 0.3) is 263 Å². The highest BCUT2D eigenvalue weighted by Crippen LogP contribution is 2.53. The molecule has 0 atom stereocenters. The number of rotatable bonds is 6. The van der Waals surface area contributed by atoms with Crippen LogP contribution < -0.4 is 0 Å². The van der Waals surface area contributed by atoms with Crippen LogP contribution in [-0.4, -0.2) is 47.0 Å². The molecule has 0 saturated heterocycles. The van der Waals surface area contributed by atoms with E-state index in [4.69, 9.17) is 19.9 Å². The van der Waals surface area contributed by atoms with Crippen molar-refractivity contribution in [1.82, 2.24) is 47.0 Å². The van der Waals surface area contributed by atoms with E-state index in [1.807, 2.05) is 0 Å². The molecule has 0 bridgehead atoms. The number of hydrogen-bond donors (Lipinski definition) is 0. The Labute approximate surface area is 657 Å². The Kier molecular flexibility index (Phi) is 11.6. The molecule has 0 spiro atoms. The quantitative estimate of drug-likeness (QED) is 0.166. The smallest absolute Gasteiger partial charge is 0.182 e. The summed E-state index contributed by atoms with van der Waals surface area (Å²) < 4.78 is 14.7. The third-order valence-corrected chi connectivity index (χ3v) is 25.7. The zero-order valence-electron chi connectivity index (χ0n) is 62.0. The van der Waals surface area contributed by atoms with Crippen molar-refractivity contribution in [3.8, 4) is 45.5 Å². The zero-order valence-corrected chi connectivity index (χ0v) is 62.0. The minimum Gasteiger partial charge on any atom is -0.309 e. The van der Waals surface area contributed by atoms with E-state index in [1.54, 1.807) is 0 Å². The summed E-state index contributed by atoms with van der Waals surface area (Å²) >= 11 is 0. The van der Waals surface area contributed by atoms with E-state index in [0.29, 0.717) is 0 Å². The SMILES string of the molecule is c1ccc(-n2c3ccccc3c3cc(-c4nc5ccccc5nc4-n4c5cc6c7ccccc7n7c8ccccc8c(c5c5ccc8cc(-c9ccc%10c(ccc%11c%10c%10ccccc%10n%11-c%10nc%11ccccc%11nc%10-n%10c%11cc%12c%13ccccc%13n%13c%14ccccc%14c(c%11c%11ccc%14ccccc%14c%11%10)c%12%13)c9)ccc8c54)c67)ccc32)cc1. The monoisotopic (exact) mass is 1470 g/mol. The highest BCUT2D eigenvalue weighted by molar-refractivity contribution is 6.39. The molecular formula is C106H58N10. The highest BCUT2D eigenvalue weighted by Gasteiger charge is 2.32. The first kappa shape index (κ1) is 61.0. The highest BCUT2D eigenvalue weighted by atomic mass is 15.2. The second-order valence-electron chi connectivity index (χ2n) is 31.5.